The maximum absolute atomic E-state index is 12.8. The second-order valence-electron chi connectivity index (χ2n) is 7.05. The number of amides is 2. The molecule has 0 aromatic heterocycles. The van der Waals surface area contributed by atoms with Crippen LogP contribution in [0.1, 0.15) is 25.7 Å². The van der Waals surface area contributed by atoms with Crippen molar-refractivity contribution in [1.82, 2.24) is 9.80 Å². The minimum Gasteiger partial charge on any atom is -0.382 e. The van der Waals surface area contributed by atoms with Crippen molar-refractivity contribution in [3.05, 3.63) is 41.9 Å². The summed E-state index contributed by atoms with van der Waals surface area (Å²) in [4.78, 5) is 28.2. The van der Waals surface area contributed by atoms with Crippen LogP contribution in [0.25, 0.3) is 0 Å². The molecular formula is C20H26ClN3O2. The minimum atomic E-state index is -0.0370. The third kappa shape index (κ3) is 4.58. The Morgan fingerprint density at radius 2 is 1.58 bits per heavy atom. The Balaban J connectivity index is 1.44. The molecular weight excluding hydrogens is 350 g/mol. The molecule has 1 aromatic carbocycles. The van der Waals surface area contributed by atoms with Gasteiger partial charge in [-0.05, 0) is 56.0 Å². The number of carbonyl (C=O) groups is 2. The molecule has 6 heteroatoms. The van der Waals surface area contributed by atoms with Crippen molar-refractivity contribution in [1.29, 1.82) is 0 Å². The highest BCUT2D eigenvalue weighted by molar-refractivity contribution is 6.30. The molecule has 2 saturated heterocycles. The summed E-state index contributed by atoms with van der Waals surface area (Å²) in [6, 6.07) is 8.11. The fraction of sp³-hybridized carbons (Fsp3) is 0.500. The molecule has 0 saturated carbocycles. The van der Waals surface area contributed by atoms with Crippen molar-refractivity contribution in [3.8, 4) is 0 Å². The van der Waals surface area contributed by atoms with Crippen LogP contribution in [0.5, 0.6) is 0 Å². The van der Waals surface area contributed by atoms with Crippen LogP contribution in [0.15, 0.2) is 36.9 Å². The van der Waals surface area contributed by atoms with E-state index in [0.717, 1.165) is 49.5 Å². The molecule has 26 heavy (non-hydrogen) atoms. The Kier molecular flexibility index (Phi) is 6.20. The van der Waals surface area contributed by atoms with E-state index in [-0.39, 0.29) is 17.7 Å². The topological polar surface area (TPSA) is 52.7 Å². The highest BCUT2D eigenvalue weighted by Crippen LogP contribution is 2.23. The van der Waals surface area contributed by atoms with Gasteiger partial charge in [0.1, 0.15) is 0 Å². The minimum absolute atomic E-state index is 0.0370. The van der Waals surface area contributed by atoms with Gasteiger partial charge in [-0.15, -0.1) is 0 Å². The van der Waals surface area contributed by atoms with Gasteiger partial charge in [-0.1, -0.05) is 18.2 Å². The number of nitrogens with zero attached hydrogens (tertiary/aromatic N) is 2. The van der Waals surface area contributed by atoms with Crippen molar-refractivity contribution in [3.63, 3.8) is 0 Å². The fourth-order valence-corrected chi connectivity index (χ4v) is 3.89. The van der Waals surface area contributed by atoms with E-state index in [1.165, 1.54) is 6.08 Å². The van der Waals surface area contributed by atoms with Crippen LogP contribution in [-0.4, -0.2) is 53.8 Å². The lowest BCUT2D eigenvalue weighted by Crippen LogP contribution is -2.47. The van der Waals surface area contributed by atoms with Gasteiger partial charge in [-0.2, -0.15) is 0 Å². The van der Waals surface area contributed by atoms with E-state index >= 15 is 0 Å². The summed E-state index contributed by atoms with van der Waals surface area (Å²) >= 11 is 5.92. The standard InChI is InChI=1S/C20H26ClN3O2/c1-2-19(25)23-11-7-15(8-12-23)20(26)24-13-9-18(10-14-24)22-17-5-3-16(21)4-6-17/h2-6,15,18,22H,1,7-14H2. The lowest BCUT2D eigenvalue weighted by molar-refractivity contribution is -0.140. The molecule has 2 fully saturated rings. The molecule has 0 aliphatic carbocycles. The van der Waals surface area contributed by atoms with Crippen LogP contribution in [0.4, 0.5) is 5.69 Å². The molecule has 2 aliphatic heterocycles. The Morgan fingerprint density at radius 1 is 1.00 bits per heavy atom. The van der Waals surface area contributed by atoms with Gasteiger partial charge in [0.05, 0.1) is 0 Å². The van der Waals surface area contributed by atoms with Crippen molar-refractivity contribution in [2.24, 2.45) is 5.92 Å². The predicted octanol–water partition coefficient (Wildman–Crippen LogP) is 3.17. The van der Waals surface area contributed by atoms with Crippen LogP contribution in [0.2, 0.25) is 5.02 Å². The molecule has 2 amide bonds. The molecule has 1 aromatic rings. The zero-order chi connectivity index (χ0) is 18.5. The number of carbonyl (C=O) groups excluding carboxylic acids is 2. The van der Waals surface area contributed by atoms with Crippen molar-refractivity contribution in [2.45, 2.75) is 31.7 Å². The third-order valence-electron chi connectivity index (χ3n) is 5.35. The predicted molar refractivity (Wildman–Crippen MR) is 104 cm³/mol. The van der Waals surface area contributed by atoms with Crippen LogP contribution in [-0.2, 0) is 9.59 Å². The molecule has 0 bridgehead atoms. The average Bonchev–Trinajstić information content (AvgIpc) is 2.69. The van der Waals surface area contributed by atoms with E-state index in [0.29, 0.717) is 19.1 Å². The number of rotatable bonds is 4. The zero-order valence-electron chi connectivity index (χ0n) is 15.0. The molecule has 2 aliphatic rings. The number of nitrogens with one attached hydrogen (secondary N) is 1. The summed E-state index contributed by atoms with van der Waals surface area (Å²) in [7, 11) is 0. The average molecular weight is 376 g/mol. The smallest absolute Gasteiger partial charge is 0.245 e. The first-order valence-corrected chi connectivity index (χ1v) is 9.67. The Bertz CT molecular complexity index is 646. The number of hydrogen-bond donors (Lipinski definition) is 1. The van der Waals surface area contributed by atoms with Crippen molar-refractivity contribution < 1.29 is 9.59 Å². The first-order chi connectivity index (χ1) is 12.6. The van der Waals surface area contributed by atoms with Gasteiger partial charge in [0.25, 0.3) is 0 Å². The van der Waals surface area contributed by atoms with E-state index in [2.05, 4.69) is 11.9 Å². The van der Waals surface area contributed by atoms with E-state index in [1.807, 2.05) is 29.2 Å². The second-order valence-corrected chi connectivity index (χ2v) is 7.49. The lowest BCUT2D eigenvalue weighted by atomic mass is 9.93. The van der Waals surface area contributed by atoms with Gasteiger partial charge >= 0.3 is 0 Å². The van der Waals surface area contributed by atoms with E-state index in [9.17, 15) is 9.59 Å². The number of halogens is 1. The maximum atomic E-state index is 12.8. The fourth-order valence-electron chi connectivity index (χ4n) is 3.76. The Labute approximate surface area is 160 Å². The van der Waals surface area contributed by atoms with E-state index in [1.54, 1.807) is 4.90 Å². The molecule has 3 rings (SSSR count). The maximum Gasteiger partial charge on any atom is 0.245 e. The number of benzene rings is 1. The monoisotopic (exact) mass is 375 g/mol. The number of likely N-dealkylation sites (tertiary alicyclic amines) is 2. The van der Waals surface area contributed by atoms with Crippen LogP contribution < -0.4 is 5.32 Å². The summed E-state index contributed by atoms with van der Waals surface area (Å²) < 4.78 is 0. The number of hydrogen-bond acceptors (Lipinski definition) is 3. The Hall–Kier alpha value is -2.01. The Morgan fingerprint density at radius 3 is 2.15 bits per heavy atom. The van der Waals surface area contributed by atoms with Gasteiger partial charge in [-0.3, -0.25) is 9.59 Å². The van der Waals surface area contributed by atoms with Gasteiger partial charge in [0.15, 0.2) is 0 Å². The zero-order valence-corrected chi connectivity index (χ0v) is 15.8. The summed E-state index contributed by atoms with van der Waals surface area (Å²) in [5.74, 6) is 0.260. The van der Waals surface area contributed by atoms with Crippen molar-refractivity contribution >= 4 is 29.1 Å². The van der Waals surface area contributed by atoms with Crippen LogP contribution >= 0.6 is 11.6 Å². The SMILES string of the molecule is C=CC(=O)N1CCC(C(=O)N2CCC(Nc3ccc(Cl)cc3)CC2)CC1. The largest absolute Gasteiger partial charge is 0.382 e. The van der Waals surface area contributed by atoms with Gasteiger partial charge in [-0.25, -0.2) is 0 Å². The molecule has 5 nitrogen and oxygen atoms in total. The van der Waals surface area contributed by atoms with Crippen molar-refractivity contribution in [2.75, 3.05) is 31.5 Å². The quantitative estimate of drug-likeness (QED) is 0.822. The molecule has 1 N–H and O–H groups in total. The molecule has 2 heterocycles. The lowest BCUT2D eigenvalue weighted by Gasteiger charge is -2.37. The molecule has 0 spiro atoms. The summed E-state index contributed by atoms with van der Waals surface area (Å²) in [6.45, 7) is 6.40. The summed E-state index contributed by atoms with van der Waals surface area (Å²) in [6.07, 6.45) is 4.74. The molecule has 0 unspecified atom stereocenters. The van der Waals surface area contributed by atoms with Gasteiger partial charge in [0.2, 0.25) is 11.8 Å². The van der Waals surface area contributed by atoms with Gasteiger partial charge in [0, 0.05) is 48.8 Å². The van der Waals surface area contributed by atoms with Crippen LogP contribution in [0, 0.1) is 5.92 Å². The van der Waals surface area contributed by atoms with Crippen LogP contribution in [0.3, 0.4) is 0 Å². The summed E-state index contributed by atoms with van der Waals surface area (Å²) in [5.41, 5.74) is 1.07. The molecule has 0 radical (unpaired) electrons. The first kappa shape index (κ1) is 18.8. The molecule has 140 valence electrons. The molecule has 0 atom stereocenters. The first-order valence-electron chi connectivity index (χ1n) is 9.29. The summed E-state index contributed by atoms with van der Waals surface area (Å²) in [5, 5.41) is 4.25. The number of anilines is 1. The highest BCUT2D eigenvalue weighted by atomic mass is 35.5. The normalized spacial score (nSPS) is 19.3. The second kappa shape index (κ2) is 8.58. The third-order valence-corrected chi connectivity index (χ3v) is 5.60. The number of piperidine rings is 2. The van der Waals surface area contributed by atoms with E-state index in [4.69, 9.17) is 11.6 Å². The van der Waals surface area contributed by atoms with E-state index < -0.39 is 0 Å². The highest BCUT2D eigenvalue weighted by Gasteiger charge is 2.31. The van der Waals surface area contributed by atoms with Gasteiger partial charge < -0.3 is 15.1 Å².